The summed E-state index contributed by atoms with van der Waals surface area (Å²) in [6.45, 7) is -0.664. The molecule has 0 aliphatic carbocycles. The largest absolute Gasteiger partial charge is 0.339 e. The van der Waals surface area contributed by atoms with Crippen LogP contribution >= 0.6 is 0 Å². The van der Waals surface area contributed by atoms with E-state index < -0.39 is 93.7 Å². The Morgan fingerprint density at radius 2 is 0.509 bits per heavy atom. The quantitative estimate of drug-likeness (QED) is 0.0965. The number of carbonyl (C=O) groups excluding carboxylic acids is 12. The van der Waals surface area contributed by atoms with Crippen molar-refractivity contribution in [3.05, 3.63) is 69.9 Å². The fraction of sp³-hybridized carbons (Fsp3) is 0.0857. The lowest BCUT2D eigenvalue weighted by molar-refractivity contribution is -0.122. The van der Waals surface area contributed by atoms with Crippen molar-refractivity contribution in [1.82, 2.24) is 51.7 Å². The van der Waals surface area contributed by atoms with Crippen LogP contribution in [0.3, 0.4) is 0 Å². The van der Waals surface area contributed by atoms with Gasteiger partial charge in [0.25, 0.3) is 47.3 Å². The van der Waals surface area contributed by atoms with E-state index in [0.29, 0.717) is 0 Å². The van der Waals surface area contributed by atoms with Gasteiger partial charge in [-0.1, -0.05) is 48.5 Å². The van der Waals surface area contributed by atoms with E-state index >= 15 is 0 Å². The second-order valence-electron chi connectivity index (χ2n) is 12.6. The minimum atomic E-state index is -1.13. The molecule has 0 radical (unpaired) electrons. The van der Waals surface area contributed by atoms with Crippen molar-refractivity contribution in [2.45, 2.75) is 19.5 Å². The van der Waals surface area contributed by atoms with Crippen LogP contribution in [0.1, 0.15) is 6.42 Å². The Kier molecular flexibility index (Phi) is 8.14. The van der Waals surface area contributed by atoms with Gasteiger partial charge in [-0.15, -0.1) is 0 Å². The number of urea groups is 4. The van der Waals surface area contributed by atoms with E-state index in [1.807, 2.05) is 42.5 Å². The van der Waals surface area contributed by atoms with Gasteiger partial charge in [-0.3, -0.25) is 80.9 Å². The van der Waals surface area contributed by atoms with Gasteiger partial charge in [0.2, 0.25) is 0 Å². The molecule has 0 unspecified atom stereocenters. The lowest BCUT2D eigenvalue weighted by atomic mass is 10.1. The average molecular weight is 775 g/mol. The lowest BCUT2D eigenvalue weighted by Gasteiger charge is -2.18. The molecule has 4 aliphatic heterocycles. The van der Waals surface area contributed by atoms with Gasteiger partial charge in [0.05, 0.1) is 21.4 Å². The van der Waals surface area contributed by atoms with Crippen LogP contribution in [0.15, 0.2) is 48.5 Å². The topological polar surface area (TPSA) is 311 Å². The number of barbiturate groups is 4. The molecule has 6 heterocycles. The van der Waals surface area contributed by atoms with Crippen LogP contribution in [-0.4, -0.2) is 80.5 Å². The first-order valence-corrected chi connectivity index (χ1v) is 16.6. The van der Waals surface area contributed by atoms with Crippen molar-refractivity contribution in [3.8, 4) is 0 Å². The molecule has 284 valence electrons. The molecule has 0 saturated carbocycles. The van der Waals surface area contributed by atoms with Crippen molar-refractivity contribution >= 4 is 115 Å². The number of amides is 16. The van der Waals surface area contributed by atoms with Gasteiger partial charge in [-0.05, 0) is 6.42 Å². The zero-order chi connectivity index (χ0) is 40.4. The maximum atomic E-state index is 13.3. The standard InChI is InChI=1S/C35H22N10O12/c46-24-16(25(47)37-32(54)36-24)20-12-6-1-2-7-13(12)21(17-26(48)38-33(55)39-27(17)49)44(20)10-5-11-45-22(18-28(50)40-34(56)41-29(18)51)14-8-3-4-9-15(14)23(45)19-30(52)42-35(57)43-31(19)53/h1-4,6-9H,5,10-11H2,(H2,36,37,46,47,54)(H2,38,39,48,49,55)(H2,40,41,50,51,56)(H2,42,43,52,53,57). The summed E-state index contributed by atoms with van der Waals surface area (Å²) in [5.74, 6) is -9.01. The smallest absolute Gasteiger partial charge is 0.328 e. The summed E-state index contributed by atoms with van der Waals surface area (Å²) in [7, 11) is 0. The Hall–Kier alpha value is -8.56. The van der Waals surface area contributed by atoms with Gasteiger partial charge in [0.15, 0.2) is 0 Å². The van der Waals surface area contributed by atoms with Crippen LogP contribution in [0, 0.1) is 0 Å². The first kappa shape index (κ1) is 35.5. The monoisotopic (exact) mass is 774 g/mol. The van der Waals surface area contributed by atoms with Crippen molar-refractivity contribution in [3.63, 3.8) is 0 Å². The summed E-state index contributed by atoms with van der Waals surface area (Å²) in [5.41, 5.74) is -2.37. The molecule has 22 nitrogen and oxygen atoms in total. The summed E-state index contributed by atoms with van der Waals surface area (Å²) in [6.07, 6.45) is -0.183. The molecule has 4 fully saturated rings. The van der Waals surface area contributed by atoms with E-state index in [1.165, 1.54) is 57.7 Å². The molecule has 0 spiro atoms. The van der Waals surface area contributed by atoms with Crippen molar-refractivity contribution in [1.29, 1.82) is 0 Å². The van der Waals surface area contributed by atoms with Gasteiger partial charge in [0.1, 0.15) is 22.3 Å². The molecule has 8 rings (SSSR count). The molecule has 8 N–H and O–H groups in total. The fourth-order valence-electron chi connectivity index (χ4n) is 7.23. The summed E-state index contributed by atoms with van der Waals surface area (Å²) >= 11 is 0. The van der Waals surface area contributed by atoms with Gasteiger partial charge >= 0.3 is 24.1 Å². The van der Waals surface area contributed by atoms with E-state index in [-0.39, 0.29) is 62.5 Å². The van der Waals surface area contributed by atoms with E-state index in [4.69, 9.17) is 0 Å². The number of hydrogen-bond acceptors (Lipinski definition) is 12. The molecular weight excluding hydrogens is 752 g/mol. The van der Waals surface area contributed by atoms with E-state index in [0.717, 1.165) is 0 Å². The number of imide groups is 8. The average Bonchev–Trinajstić information content (AvgIpc) is 3.59. The Bertz CT molecular complexity index is 2540. The number of nitrogens with one attached hydrogen (secondary N) is 8. The second-order valence-corrected chi connectivity index (χ2v) is 12.6. The molecule has 0 bridgehead atoms. The predicted octanol–water partition coefficient (Wildman–Crippen LogP) is -5.25. The highest BCUT2D eigenvalue weighted by atomic mass is 16.2. The molecule has 57 heavy (non-hydrogen) atoms. The predicted molar refractivity (Wildman–Crippen MR) is 187 cm³/mol. The Balaban J connectivity index is 1.42. The number of aromatic nitrogens is 2. The molecule has 2 aromatic heterocycles. The summed E-state index contributed by atoms with van der Waals surface area (Å²) < 4.78 is 2.53. The maximum absolute atomic E-state index is 13.3. The van der Waals surface area contributed by atoms with Crippen LogP contribution in [-0.2, 0) is 51.4 Å². The molecule has 4 aliphatic rings. The third-order valence-corrected chi connectivity index (χ3v) is 9.30. The van der Waals surface area contributed by atoms with Gasteiger partial charge in [0, 0.05) is 34.6 Å². The van der Waals surface area contributed by atoms with Crippen molar-refractivity contribution in [2.24, 2.45) is 0 Å². The van der Waals surface area contributed by atoms with Crippen LogP contribution in [0.4, 0.5) is 19.2 Å². The fourth-order valence-corrected chi connectivity index (χ4v) is 7.23. The zero-order valence-corrected chi connectivity index (χ0v) is 28.5. The second kappa shape index (κ2) is 13.1. The Morgan fingerprint density at radius 3 is 0.702 bits per heavy atom. The first-order chi connectivity index (χ1) is 27.2. The minimum Gasteiger partial charge on any atom is -0.339 e. The van der Waals surface area contributed by atoms with E-state index in [9.17, 15) is 57.5 Å². The molecule has 4 aromatic rings. The highest BCUT2D eigenvalue weighted by molar-refractivity contribution is 6.49. The SMILES string of the molecule is O=C1NC(=O)C(=c2c3ccccc3c(=C3C(=O)NC(=O)NC3=O)n2CCCn2c(=C3C(=O)NC(=O)NC3=O)c3ccccc3c2=C2C(=O)NC(=O)NC2=O)C(=O)N1. The lowest BCUT2D eigenvalue weighted by Crippen LogP contribution is -2.55. The third-order valence-electron chi connectivity index (χ3n) is 9.30. The van der Waals surface area contributed by atoms with Crippen LogP contribution in [0.2, 0.25) is 0 Å². The molecule has 22 heteroatoms. The number of carbonyl (C=O) groups is 12. The van der Waals surface area contributed by atoms with Crippen LogP contribution in [0.25, 0.3) is 43.8 Å². The molecular formula is C35H22N10O12. The number of nitrogens with zero attached hydrogens (tertiary/aromatic N) is 2. The van der Waals surface area contributed by atoms with Crippen LogP contribution < -0.4 is 63.9 Å². The van der Waals surface area contributed by atoms with Crippen molar-refractivity contribution < 1.29 is 57.5 Å². The number of fused-ring (bicyclic) bond motifs is 2. The summed E-state index contributed by atoms with van der Waals surface area (Å²) in [5, 5.41) is 15.9. The molecule has 2 aromatic carbocycles. The normalized spacial score (nSPS) is 17.7. The third kappa shape index (κ3) is 5.67. The summed E-state index contributed by atoms with van der Waals surface area (Å²) in [4.78, 5) is 155. The minimum absolute atomic E-state index is 0.159. The van der Waals surface area contributed by atoms with Gasteiger partial charge in [-0.2, -0.15) is 0 Å². The first-order valence-electron chi connectivity index (χ1n) is 16.6. The Labute approximate surface area is 313 Å². The van der Waals surface area contributed by atoms with Gasteiger partial charge < -0.3 is 9.13 Å². The van der Waals surface area contributed by atoms with Crippen LogP contribution in [0.5, 0.6) is 0 Å². The molecule has 4 saturated heterocycles. The van der Waals surface area contributed by atoms with E-state index in [1.54, 1.807) is 0 Å². The summed E-state index contributed by atoms with van der Waals surface area (Å²) in [6, 6.07) is 7.60. The van der Waals surface area contributed by atoms with Gasteiger partial charge in [-0.25, -0.2) is 19.2 Å². The highest BCUT2D eigenvalue weighted by Crippen LogP contribution is 2.15. The number of rotatable bonds is 4. The molecule has 16 amide bonds. The van der Waals surface area contributed by atoms with E-state index in [2.05, 4.69) is 0 Å². The number of hydrogen-bond donors (Lipinski definition) is 8. The Morgan fingerprint density at radius 1 is 0.316 bits per heavy atom. The number of benzene rings is 2. The van der Waals surface area contributed by atoms with Crippen molar-refractivity contribution in [2.75, 3.05) is 0 Å². The maximum Gasteiger partial charge on any atom is 0.328 e. The zero-order valence-electron chi connectivity index (χ0n) is 28.5. The molecule has 0 atom stereocenters. The highest BCUT2D eigenvalue weighted by Gasteiger charge is 2.36.